The van der Waals surface area contributed by atoms with Gasteiger partial charge in [0.05, 0.1) is 6.54 Å². The zero-order valence-corrected chi connectivity index (χ0v) is 11.1. The van der Waals surface area contributed by atoms with E-state index in [1.165, 1.54) is 36.3 Å². The van der Waals surface area contributed by atoms with Crippen LogP contribution in [-0.2, 0) is 0 Å². The van der Waals surface area contributed by atoms with E-state index in [0.29, 0.717) is 12.5 Å². The van der Waals surface area contributed by atoms with Gasteiger partial charge in [0, 0.05) is 11.7 Å². The van der Waals surface area contributed by atoms with Crippen LogP contribution in [0.25, 0.3) is 0 Å². The van der Waals surface area contributed by atoms with Crippen LogP contribution < -0.4 is 5.73 Å². The standard InChI is InChI=1S/C15H21NS/c16-10-4-8-13-7-3-9-15(11-13)17-12-14-5-1-2-6-14/h3,7,9,13-14H,1-2,5-6,10-12,16H2. The molecule has 2 rings (SSSR count). The highest BCUT2D eigenvalue weighted by atomic mass is 32.2. The minimum Gasteiger partial charge on any atom is -0.320 e. The van der Waals surface area contributed by atoms with Crippen molar-refractivity contribution >= 4 is 11.8 Å². The first-order valence-corrected chi connectivity index (χ1v) is 7.55. The van der Waals surface area contributed by atoms with Crippen LogP contribution in [-0.4, -0.2) is 12.3 Å². The number of nitrogens with two attached hydrogens (primary N) is 1. The minimum absolute atomic E-state index is 0.384. The zero-order chi connectivity index (χ0) is 11.9. The minimum atomic E-state index is 0.384. The summed E-state index contributed by atoms with van der Waals surface area (Å²) < 4.78 is 0. The molecule has 0 spiro atoms. The van der Waals surface area contributed by atoms with Gasteiger partial charge in [0.15, 0.2) is 0 Å². The Kier molecular flexibility index (Phi) is 5.22. The predicted octanol–water partition coefficient (Wildman–Crippen LogP) is 3.33. The lowest BCUT2D eigenvalue weighted by Crippen LogP contribution is -2.02. The van der Waals surface area contributed by atoms with Gasteiger partial charge >= 0.3 is 0 Å². The maximum atomic E-state index is 5.40. The summed E-state index contributed by atoms with van der Waals surface area (Å²) in [5, 5.41) is 0. The summed E-state index contributed by atoms with van der Waals surface area (Å²) in [4.78, 5) is 1.50. The lowest BCUT2D eigenvalue weighted by molar-refractivity contribution is 0.623. The van der Waals surface area contributed by atoms with Crippen LogP contribution in [0.1, 0.15) is 32.1 Å². The Balaban J connectivity index is 1.77. The van der Waals surface area contributed by atoms with Crippen LogP contribution in [0.5, 0.6) is 0 Å². The van der Waals surface area contributed by atoms with Crippen molar-refractivity contribution in [2.45, 2.75) is 32.1 Å². The van der Waals surface area contributed by atoms with Gasteiger partial charge in [-0.05, 0) is 30.1 Å². The molecule has 1 fully saturated rings. The molecule has 92 valence electrons. The molecule has 1 saturated carbocycles. The molecule has 1 atom stereocenters. The normalized spacial score (nSPS) is 24.3. The summed E-state index contributed by atoms with van der Waals surface area (Å²) in [5.74, 6) is 8.83. The molecule has 0 saturated heterocycles. The molecule has 0 aromatic rings. The number of hydrogen-bond donors (Lipinski definition) is 1. The fourth-order valence-electron chi connectivity index (χ4n) is 2.45. The quantitative estimate of drug-likeness (QED) is 0.774. The molecule has 1 nitrogen and oxygen atoms in total. The lowest BCUT2D eigenvalue weighted by Gasteiger charge is -2.15. The van der Waals surface area contributed by atoms with Gasteiger partial charge in [-0.25, -0.2) is 0 Å². The van der Waals surface area contributed by atoms with E-state index in [1.807, 2.05) is 11.8 Å². The van der Waals surface area contributed by atoms with E-state index in [9.17, 15) is 0 Å². The number of thioether (sulfide) groups is 1. The van der Waals surface area contributed by atoms with Crippen molar-refractivity contribution in [3.63, 3.8) is 0 Å². The van der Waals surface area contributed by atoms with Crippen molar-refractivity contribution in [2.24, 2.45) is 17.6 Å². The second-order valence-corrected chi connectivity index (χ2v) is 5.96. The summed E-state index contributed by atoms with van der Waals surface area (Å²) in [6, 6.07) is 0. The average Bonchev–Trinajstić information content (AvgIpc) is 2.87. The van der Waals surface area contributed by atoms with E-state index >= 15 is 0 Å². The van der Waals surface area contributed by atoms with E-state index in [0.717, 1.165) is 12.3 Å². The van der Waals surface area contributed by atoms with Crippen molar-refractivity contribution in [3.05, 3.63) is 23.1 Å². The van der Waals surface area contributed by atoms with E-state index in [2.05, 4.69) is 30.1 Å². The molecule has 2 heteroatoms. The molecule has 0 aromatic carbocycles. The first-order valence-electron chi connectivity index (χ1n) is 6.57. The van der Waals surface area contributed by atoms with Crippen molar-refractivity contribution in [1.29, 1.82) is 0 Å². The maximum Gasteiger partial charge on any atom is 0.0551 e. The Hall–Kier alpha value is -0.650. The lowest BCUT2D eigenvalue weighted by atomic mass is 10.0. The van der Waals surface area contributed by atoms with Crippen LogP contribution in [0.15, 0.2) is 23.1 Å². The van der Waals surface area contributed by atoms with Crippen molar-refractivity contribution in [3.8, 4) is 11.8 Å². The molecule has 0 heterocycles. The van der Waals surface area contributed by atoms with Gasteiger partial charge in [-0.15, -0.1) is 11.8 Å². The van der Waals surface area contributed by atoms with Crippen LogP contribution >= 0.6 is 11.8 Å². The van der Waals surface area contributed by atoms with Gasteiger partial charge in [-0.3, -0.25) is 0 Å². The molecule has 0 aromatic heterocycles. The summed E-state index contributed by atoms with van der Waals surface area (Å²) in [5.41, 5.74) is 5.40. The first kappa shape index (κ1) is 12.8. The van der Waals surface area contributed by atoms with E-state index in [-0.39, 0.29) is 0 Å². The molecule has 0 amide bonds. The van der Waals surface area contributed by atoms with Gasteiger partial charge in [-0.2, -0.15) is 0 Å². The summed E-state index contributed by atoms with van der Waals surface area (Å²) in [6.07, 6.45) is 13.4. The van der Waals surface area contributed by atoms with Crippen molar-refractivity contribution in [2.75, 3.05) is 12.3 Å². The topological polar surface area (TPSA) is 26.0 Å². The Morgan fingerprint density at radius 1 is 1.35 bits per heavy atom. The Labute approximate surface area is 109 Å². The molecule has 0 radical (unpaired) electrons. The molecule has 0 bridgehead atoms. The summed E-state index contributed by atoms with van der Waals surface area (Å²) in [7, 11) is 0. The largest absolute Gasteiger partial charge is 0.320 e. The Morgan fingerprint density at radius 2 is 2.18 bits per heavy atom. The second kappa shape index (κ2) is 6.93. The predicted molar refractivity (Wildman–Crippen MR) is 76.6 cm³/mol. The summed E-state index contributed by atoms with van der Waals surface area (Å²) in [6.45, 7) is 0.471. The van der Waals surface area contributed by atoms with E-state index < -0.39 is 0 Å². The molecule has 0 aliphatic heterocycles. The van der Waals surface area contributed by atoms with Gasteiger partial charge in [0.2, 0.25) is 0 Å². The molecule has 2 aliphatic rings. The van der Waals surface area contributed by atoms with Crippen molar-refractivity contribution in [1.82, 2.24) is 0 Å². The van der Waals surface area contributed by atoms with Crippen molar-refractivity contribution < 1.29 is 0 Å². The van der Waals surface area contributed by atoms with E-state index in [4.69, 9.17) is 5.73 Å². The Morgan fingerprint density at radius 3 is 2.94 bits per heavy atom. The highest BCUT2D eigenvalue weighted by Gasteiger charge is 2.16. The molecular formula is C15H21NS. The second-order valence-electron chi connectivity index (χ2n) is 4.82. The number of hydrogen-bond acceptors (Lipinski definition) is 2. The molecule has 1 unspecified atom stereocenters. The fourth-order valence-corrected chi connectivity index (χ4v) is 3.70. The third kappa shape index (κ3) is 4.26. The summed E-state index contributed by atoms with van der Waals surface area (Å²) >= 11 is 2.04. The first-order chi connectivity index (χ1) is 8.38. The molecule has 2 aliphatic carbocycles. The number of rotatable bonds is 3. The highest BCUT2D eigenvalue weighted by molar-refractivity contribution is 8.03. The van der Waals surface area contributed by atoms with Gasteiger partial charge in [-0.1, -0.05) is 42.9 Å². The zero-order valence-electron chi connectivity index (χ0n) is 10.3. The fraction of sp³-hybridized carbons (Fsp3) is 0.600. The molecule has 17 heavy (non-hydrogen) atoms. The van der Waals surface area contributed by atoms with Crippen LogP contribution in [0.2, 0.25) is 0 Å². The third-order valence-electron chi connectivity index (χ3n) is 3.42. The SMILES string of the molecule is NCC#CC1C=CC=C(SCC2CCCC2)C1. The number of allylic oxidation sites excluding steroid dienone is 4. The van der Waals surface area contributed by atoms with Crippen LogP contribution in [0.3, 0.4) is 0 Å². The Bertz CT molecular complexity index is 353. The highest BCUT2D eigenvalue weighted by Crippen LogP contribution is 2.34. The van der Waals surface area contributed by atoms with Gasteiger partial charge in [0.1, 0.15) is 0 Å². The monoisotopic (exact) mass is 247 g/mol. The molecular weight excluding hydrogens is 226 g/mol. The van der Waals surface area contributed by atoms with Gasteiger partial charge in [0.25, 0.3) is 0 Å². The van der Waals surface area contributed by atoms with Gasteiger partial charge < -0.3 is 5.73 Å². The van der Waals surface area contributed by atoms with E-state index in [1.54, 1.807) is 0 Å². The maximum absolute atomic E-state index is 5.40. The van der Waals surface area contributed by atoms with Crippen LogP contribution in [0, 0.1) is 23.7 Å². The smallest absolute Gasteiger partial charge is 0.0551 e. The average molecular weight is 247 g/mol. The third-order valence-corrected chi connectivity index (χ3v) is 4.73. The molecule has 2 N–H and O–H groups in total. The van der Waals surface area contributed by atoms with Crippen LogP contribution in [0.4, 0.5) is 0 Å².